The van der Waals surface area contributed by atoms with E-state index in [1.807, 2.05) is 30.3 Å². The highest BCUT2D eigenvalue weighted by molar-refractivity contribution is 5.90. The van der Waals surface area contributed by atoms with E-state index in [0.717, 1.165) is 11.1 Å². The van der Waals surface area contributed by atoms with Crippen LogP contribution in [0.1, 0.15) is 18.1 Å². The van der Waals surface area contributed by atoms with Crippen LogP contribution in [0.5, 0.6) is 17.2 Å². The summed E-state index contributed by atoms with van der Waals surface area (Å²) in [6.07, 6.45) is 1.23. The number of nitrogens with one attached hydrogen (secondary N) is 1. The van der Waals surface area contributed by atoms with E-state index in [9.17, 15) is 9.59 Å². The largest absolute Gasteiger partial charge is 0.495 e. The highest BCUT2D eigenvalue weighted by Crippen LogP contribution is 2.34. The second-order valence-corrected chi connectivity index (χ2v) is 7.31. The van der Waals surface area contributed by atoms with Crippen LogP contribution in [0.3, 0.4) is 0 Å². The molecule has 0 unspecified atom stereocenters. The minimum atomic E-state index is -0.255. The van der Waals surface area contributed by atoms with Crippen LogP contribution in [0.25, 0.3) is 0 Å². The van der Waals surface area contributed by atoms with E-state index in [0.29, 0.717) is 42.4 Å². The Morgan fingerprint density at radius 1 is 0.967 bits per heavy atom. The summed E-state index contributed by atoms with van der Waals surface area (Å²) in [6, 6.07) is 11.3. The number of benzene rings is 2. The molecule has 1 N–H and O–H groups in total. The molecule has 2 atom stereocenters. The lowest BCUT2D eigenvalue weighted by atomic mass is 9.85. The molecule has 1 aliphatic rings. The topological polar surface area (TPSA) is 83.1 Å². The molecule has 1 heterocycles. The van der Waals surface area contributed by atoms with Crippen LogP contribution in [0.15, 0.2) is 36.4 Å². The molecular weight excluding hydrogens is 386 g/mol. The molecular formula is C23H27NO6. The molecule has 0 bridgehead atoms. The number of ether oxygens (including phenoxy) is 4. The first-order chi connectivity index (χ1) is 14.4. The Kier molecular flexibility index (Phi) is 6.82. The first-order valence-corrected chi connectivity index (χ1v) is 9.77. The Morgan fingerprint density at radius 3 is 2.27 bits per heavy atom. The number of rotatable bonds is 8. The van der Waals surface area contributed by atoms with Crippen LogP contribution in [-0.4, -0.2) is 39.8 Å². The highest BCUT2D eigenvalue weighted by atomic mass is 16.5. The second kappa shape index (κ2) is 9.52. The molecule has 7 nitrogen and oxygen atoms in total. The molecule has 2 aromatic rings. The van der Waals surface area contributed by atoms with E-state index in [1.54, 1.807) is 27.4 Å². The predicted molar refractivity (Wildman–Crippen MR) is 112 cm³/mol. The molecule has 0 saturated carbocycles. The third-order valence-corrected chi connectivity index (χ3v) is 5.29. The standard InChI is InChI=1S/C23H27NO6/c1-14(25)24-19-7-5-16(11-21(19)28-3)10-18-17(13-30-23(18)26)9-15-6-8-20(27-2)22(12-15)29-4/h5-8,11-12,17-18H,9-10,13H2,1-4H3,(H,24,25)/t17-,18+/m0/s1. The van der Waals surface area contributed by atoms with Crippen molar-refractivity contribution in [3.05, 3.63) is 47.5 Å². The SMILES string of the molecule is COc1cc(C[C@H]2C(=O)OC[C@@H]2Cc2ccc(OC)c(OC)c2)ccc1NC(C)=O. The molecule has 1 amide bonds. The van der Waals surface area contributed by atoms with Gasteiger partial charge in [0, 0.05) is 12.8 Å². The lowest BCUT2D eigenvalue weighted by Crippen LogP contribution is -2.20. The zero-order valence-electron chi connectivity index (χ0n) is 17.7. The lowest BCUT2D eigenvalue weighted by molar-refractivity contribution is -0.141. The average molecular weight is 413 g/mol. The molecule has 1 saturated heterocycles. The summed E-state index contributed by atoms with van der Waals surface area (Å²) in [5, 5.41) is 2.74. The van der Waals surface area contributed by atoms with Crippen LogP contribution < -0.4 is 19.5 Å². The van der Waals surface area contributed by atoms with Gasteiger partial charge >= 0.3 is 5.97 Å². The van der Waals surface area contributed by atoms with E-state index in [4.69, 9.17) is 18.9 Å². The summed E-state index contributed by atoms with van der Waals surface area (Å²) in [6.45, 7) is 1.83. The second-order valence-electron chi connectivity index (χ2n) is 7.31. The third kappa shape index (κ3) is 4.84. The quantitative estimate of drug-likeness (QED) is 0.669. The summed E-state index contributed by atoms with van der Waals surface area (Å²) in [5.74, 6) is 1.33. The van der Waals surface area contributed by atoms with Gasteiger partial charge in [0.15, 0.2) is 11.5 Å². The molecule has 0 radical (unpaired) electrons. The molecule has 1 fully saturated rings. The fourth-order valence-electron chi connectivity index (χ4n) is 3.78. The number of hydrogen-bond donors (Lipinski definition) is 1. The number of anilines is 1. The van der Waals surface area contributed by atoms with E-state index < -0.39 is 0 Å². The lowest BCUT2D eigenvalue weighted by Gasteiger charge is -2.17. The van der Waals surface area contributed by atoms with Crippen LogP contribution in [0, 0.1) is 11.8 Å². The first-order valence-electron chi connectivity index (χ1n) is 9.77. The van der Waals surface area contributed by atoms with Crippen LogP contribution in [0.4, 0.5) is 5.69 Å². The van der Waals surface area contributed by atoms with Crippen molar-refractivity contribution in [2.24, 2.45) is 11.8 Å². The first kappa shape index (κ1) is 21.5. The number of hydrogen-bond acceptors (Lipinski definition) is 6. The fraction of sp³-hybridized carbons (Fsp3) is 0.391. The average Bonchev–Trinajstić information content (AvgIpc) is 3.07. The molecule has 7 heteroatoms. The van der Waals surface area contributed by atoms with Crippen molar-refractivity contribution in [2.75, 3.05) is 33.3 Å². The van der Waals surface area contributed by atoms with Gasteiger partial charge in [-0.2, -0.15) is 0 Å². The summed E-state index contributed by atoms with van der Waals surface area (Å²) < 4.78 is 21.4. The minimum absolute atomic E-state index is 0.0524. The molecule has 30 heavy (non-hydrogen) atoms. The van der Waals surface area contributed by atoms with Crippen molar-refractivity contribution in [3.63, 3.8) is 0 Å². The van der Waals surface area contributed by atoms with E-state index >= 15 is 0 Å². The maximum atomic E-state index is 12.4. The van der Waals surface area contributed by atoms with Gasteiger partial charge in [0.05, 0.1) is 39.5 Å². The monoisotopic (exact) mass is 413 g/mol. The van der Waals surface area contributed by atoms with E-state index in [2.05, 4.69) is 5.32 Å². The number of amides is 1. The Labute approximate surface area is 176 Å². The van der Waals surface area contributed by atoms with Crippen molar-refractivity contribution < 1.29 is 28.5 Å². The van der Waals surface area contributed by atoms with Gasteiger partial charge < -0.3 is 24.3 Å². The van der Waals surface area contributed by atoms with Crippen molar-refractivity contribution in [2.45, 2.75) is 19.8 Å². The van der Waals surface area contributed by atoms with Crippen LogP contribution >= 0.6 is 0 Å². The minimum Gasteiger partial charge on any atom is -0.495 e. The molecule has 160 valence electrons. The maximum Gasteiger partial charge on any atom is 0.309 e. The van der Waals surface area contributed by atoms with Gasteiger partial charge in [0.1, 0.15) is 5.75 Å². The van der Waals surface area contributed by atoms with Crippen molar-refractivity contribution >= 4 is 17.6 Å². The number of methoxy groups -OCH3 is 3. The molecule has 2 aromatic carbocycles. The van der Waals surface area contributed by atoms with Crippen molar-refractivity contribution in [3.8, 4) is 17.2 Å². The molecule has 1 aliphatic heterocycles. The van der Waals surface area contributed by atoms with Gasteiger partial charge in [-0.05, 0) is 48.2 Å². The number of esters is 1. The van der Waals surface area contributed by atoms with Gasteiger partial charge in [-0.1, -0.05) is 12.1 Å². The Morgan fingerprint density at radius 2 is 1.60 bits per heavy atom. The third-order valence-electron chi connectivity index (χ3n) is 5.29. The van der Waals surface area contributed by atoms with Gasteiger partial charge in [0.2, 0.25) is 5.91 Å². The number of cyclic esters (lactones) is 1. The zero-order chi connectivity index (χ0) is 21.7. The molecule has 0 aromatic heterocycles. The maximum absolute atomic E-state index is 12.4. The fourth-order valence-corrected chi connectivity index (χ4v) is 3.78. The zero-order valence-corrected chi connectivity index (χ0v) is 17.7. The molecule has 3 rings (SSSR count). The summed E-state index contributed by atoms with van der Waals surface area (Å²) >= 11 is 0. The van der Waals surface area contributed by atoms with E-state index in [1.165, 1.54) is 6.92 Å². The highest BCUT2D eigenvalue weighted by Gasteiger charge is 2.37. The Balaban J connectivity index is 1.76. The predicted octanol–water partition coefficient (Wildman–Crippen LogP) is 3.25. The number of carbonyl (C=O) groups is 2. The van der Waals surface area contributed by atoms with Crippen molar-refractivity contribution in [1.29, 1.82) is 0 Å². The molecule has 0 aliphatic carbocycles. The van der Waals surface area contributed by atoms with Crippen LogP contribution in [0.2, 0.25) is 0 Å². The number of carbonyl (C=O) groups excluding carboxylic acids is 2. The molecule has 0 spiro atoms. The van der Waals surface area contributed by atoms with Gasteiger partial charge in [-0.25, -0.2) is 0 Å². The summed E-state index contributed by atoms with van der Waals surface area (Å²) in [5.41, 5.74) is 2.60. The Hall–Kier alpha value is -3.22. The smallest absolute Gasteiger partial charge is 0.309 e. The summed E-state index contributed by atoms with van der Waals surface area (Å²) in [4.78, 5) is 23.8. The van der Waals surface area contributed by atoms with Gasteiger partial charge in [0.25, 0.3) is 0 Å². The van der Waals surface area contributed by atoms with Gasteiger partial charge in [-0.3, -0.25) is 9.59 Å². The summed E-state index contributed by atoms with van der Waals surface area (Å²) in [7, 11) is 4.75. The van der Waals surface area contributed by atoms with Gasteiger partial charge in [-0.15, -0.1) is 0 Å². The van der Waals surface area contributed by atoms with Crippen molar-refractivity contribution in [1.82, 2.24) is 0 Å². The Bertz CT molecular complexity index is 926. The van der Waals surface area contributed by atoms with Crippen LogP contribution in [-0.2, 0) is 27.2 Å². The van der Waals surface area contributed by atoms with E-state index in [-0.39, 0.29) is 23.7 Å². The normalized spacial score (nSPS) is 17.9.